The molecule has 198 valence electrons. The zero-order chi connectivity index (χ0) is 26.1. The lowest BCUT2D eigenvalue weighted by atomic mass is 9.85. The van der Waals surface area contributed by atoms with Crippen molar-refractivity contribution in [3.63, 3.8) is 0 Å². The standard InChI is InChI=1S/C25H30ClF2N7O2/c26-17-9-15(27)10-18(28)21(17)33-25-32-19-12-31-24(30-11-14-3-1-2-4-20(14)36)34-23(19)35(25)16-7-5-13(6-8-16)22(29)37/h9-10,12-14,16,20,36H,1-8,11H2,(H2,29,37)(H,32,33)(H,30,31,34)/t13?,14-,16?,20+/m0/s1. The summed E-state index contributed by atoms with van der Waals surface area (Å²) in [4.78, 5) is 25.4. The number of nitrogens with zero attached hydrogens (tertiary/aromatic N) is 4. The lowest BCUT2D eigenvalue weighted by molar-refractivity contribution is -0.122. The molecule has 0 saturated heterocycles. The Balaban J connectivity index is 1.48. The molecule has 2 fully saturated rings. The number of primary amides is 1. The zero-order valence-electron chi connectivity index (χ0n) is 20.3. The molecule has 2 aliphatic carbocycles. The molecule has 0 aliphatic heterocycles. The van der Waals surface area contributed by atoms with Gasteiger partial charge < -0.3 is 21.5 Å². The molecule has 0 radical (unpaired) electrons. The van der Waals surface area contributed by atoms with Crippen LogP contribution in [0.3, 0.4) is 0 Å². The molecule has 2 saturated carbocycles. The van der Waals surface area contributed by atoms with E-state index in [4.69, 9.17) is 22.3 Å². The molecular weight excluding hydrogens is 504 g/mol. The summed E-state index contributed by atoms with van der Waals surface area (Å²) in [7, 11) is 0. The van der Waals surface area contributed by atoms with Crippen LogP contribution in [-0.4, -0.2) is 43.2 Å². The predicted octanol–water partition coefficient (Wildman–Crippen LogP) is 4.68. The number of benzene rings is 1. The Morgan fingerprint density at radius 2 is 1.89 bits per heavy atom. The number of imidazole rings is 1. The number of rotatable bonds is 7. The minimum atomic E-state index is -0.847. The van der Waals surface area contributed by atoms with Crippen LogP contribution in [-0.2, 0) is 4.79 Å². The van der Waals surface area contributed by atoms with Crippen LogP contribution in [0.4, 0.5) is 26.4 Å². The average molecular weight is 534 g/mol. The molecule has 2 aromatic heterocycles. The maximum absolute atomic E-state index is 14.6. The van der Waals surface area contributed by atoms with Gasteiger partial charge in [-0.25, -0.2) is 18.7 Å². The van der Waals surface area contributed by atoms with Crippen molar-refractivity contribution >= 4 is 46.3 Å². The fraction of sp³-hybridized carbons (Fsp3) is 0.520. The van der Waals surface area contributed by atoms with Crippen LogP contribution in [0, 0.1) is 23.5 Å². The number of halogens is 3. The molecular formula is C25H30ClF2N7O2. The minimum absolute atomic E-state index is 0.0895. The van der Waals surface area contributed by atoms with Crippen LogP contribution >= 0.6 is 11.6 Å². The Bertz CT molecular complexity index is 1270. The van der Waals surface area contributed by atoms with Crippen LogP contribution in [0.25, 0.3) is 11.2 Å². The normalized spacial score (nSPS) is 24.2. The zero-order valence-corrected chi connectivity index (χ0v) is 21.0. The van der Waals surface area contributed by atoms with Gasteiger partial charge in [-0.05, 0) is 44.6 Å². The first-order chi connectivity index (χ1) is 17.8. The molecule has 2 heterocycles. The van der Waals surface area contributed by atoms with Gasteiger partial charge in [0.1, 0.15) is 11.3 Å². The third-order valence-corrected chi connectivity index (χ3v) is 7.83. The maximum Gasteiger partial charge on any atom is 0.224 e. The van der Waals surface area contributed by atoms with Crippen molar-refractivity contribution in [1.82, 2.24) is 19.5 Å². The van der Waals surface area contributed by atoms with Gasteiger partial charge in [-0.3, -0.25) is 9.36 Å². The Labute approximate surface area is 217 Å². The average Bonchev–Trinajstić information content (AvgIpc) is 3.23. The Morgan fingerprint density at radius 1 is 1.14 bits per heavy atom. The summed E-state index contributed by atoms with van der Waals surface area (Å²) in [6.45, 7) is 0.548. The van der Waals surface area contributed by atoms with Gasteiger partial charge in [0, 0.05) is 30.5 Å². The fourth-order valence-corrected chi connectivity index (χ4v) is 5.69. The molecule has 9 nitrogen and oxygen atoms in total. The van der Waals surface area contributed by atoms with E-state index in [0.29, 0.717) is 55.3 Å². The van der Waals surface area contributed by atoms with Gasteiger partial charge in [0.15, 0.2) is 11.5 Å². The molecule has 37 heavy (non-hydrogen) atoms. The van der Waals surface area contributed by atoms with Crippen molar-refractivity contribution in [3.8, 4) is 0 Å². The number of carbonyl (C=O) groups is 1. The number of nitrogens with one attached hydrogen (secondary N) is 2. The highest BCUT2D eigenvalue weighted by atomic mass is 35.5. The van der Waals surface area contributed by atoms with Crippen molar-refractivity contribution in [2.75, 3.05) is 17.2 Å². The summed E-state index contributed by atoms with van der Waals surface area (Å²) >= 11 is 6.14. The first-order valence-corrected chi connectivity index (χ1v) is 13.1. The number of aliphatic hydroxyl groups excluding tert-OH is 1. The Morgan fingerprint density at radius 3 is 2.59 bits per heavy atom. The number of nitrogens with two attached hydrogens (primary N) is 1. The summed E-state index contributed by atoms with van der Waals surface area (Å²) < 4.78 is 30.1. The maximum atomic E-state index is 14.6. The number of anilines is 3. The molecule has 0 bridgehead atoms. The number of carbonyl (C=O) groups excluding carboxylic acids is 1. The lowest BCUT2D eigenvalue weighted by Crippen LogP contribution is -2.30. The van der Waals surface area contributed by atoms with Crippen molar-refractivity contribution in [1.29, 1.82) is 0 Å². The summed E-state index contributed by atoms with van der Waals surface area (Å²) in [6.07, 6.45) is 7.61. The molecule has 12 heteroatoms. The highest BCUT2D eigenvalue weighted by Gasteiger charge is 2.30. The first kappa shape index (κ1) is 25.6. The van der Waals surface area contributed by atoms with Gasteiger partial charge in [0.2, 0.25) is 17.8 Å². The van der Waals surface area contributed by atoms with E-state index < -0.39 is 11.6 Å². The summed E-state index contributed by atoms with van der Waals surface area (Å²) in [5, 5.41) is 16.4. The Hall–Kier alpha value is -3.05. The SMILES string of the molecule is NC(=O)C1CCC(n2c(Nc3c(F)cc(F)cc3Cl)nc3cnc(NC[C@@H]4CCCC[C@H]4O)nc32)CC1. The number of aromatic nitrogens is 4. The quantitative estimate of drug-likeness (QED) is 0.347. The predicted molar refractivity (Wildman–Crippen MR) is 137 cm³/mol. The van der Waals surface area contributed by atoms with Crippen LogP contribution < -0.4 is 16.4 Å². The molecule has 5 rings (SSSR count). The van der Waals surface area contributed by atoms with Crippen molar-refractivity contribution in [3.05, 3.63) is 35.0 Å². The molecule has 3 aromatic rings. The van der Waals surface area contributed by atoms with Gasteiger partial charge in [0.05, 0.1) is 23.0 Å². The summed E-state index contributed by atoms with van der Waals surface area (Å²) in [6, 6.07) is 1.69. The van der Waals surface area contributed by atoms with E-state index in [-0.39, 0.29) is 40.6 Å². The van der Waals surface area contributed by atoms with Crippen LogP contribution in [0.15, 0.2) is 18.3 Å². The molecule has 1 amide bonds. The molecule has 0 spiro atoms. The third-order valence-electron chi connectivity index (χ3n) is 7.53. The molecule has 0 unspecified atom stereocenters. The van der Waals surface area contributed by atoms with Gasteiger partial charge in [-0.1, -0.05) is 24.4 Å². The number of aliphatic hydroxyl groups is 1. The van der Waals surface area contributed by atoms with Crippen LogP contribution in [0.2, 0.25) is 5.02 Å². The van der Waals surface area contributed by atoms with E-state index in [1.165, 1.54) is 0 Å². The van der Waals surface area contributed by atoms with E-state index >= 15 is 0 Å². The van der Waals surface area contributed by atoms with Gasteiger partial charge in [-0.15, -0.1) is 0 Å². The van der Waals surface area contributed by atoms with E-state index in [0.717, 1.165) is 37.8 Å². The third kappa shape index (κ3) is 5.47. The van der Waals surface area contributed by atoms with Gasteiger partial charge in [0.25, 0.3) is 0 Å². The highest BCUT2D eigenvalue weighted by molar-refractivity contribution is 6.33. The van der Waals surface area contributed by atoms with E-state index in [2.05, 4.69) is 20.6 Å². The van der Waals surface area contributed by atoms with Crippen molar-refractivity contribution < 1.29 is 18.7 Å². The van der Waals surface area contributed by atoms with Gasteiger partial charge >= 0.3 is 0 Å². The fourth-order valence-electron chi connectivity index (χ4n) is 5.45. The Kier molecular flexibility index (Phi) is 7.43. The topological polar surface area (TPSA) is 131 Å². The lowest BCUT2D eigenvalue weighted by Gasteiger charge is -2.29. The highest BCUT2D eigenvalue weighted by Crippen LogP contribution is 2.38. The second-order valence-electron chi connectivity index (χ2n) is 9.98. The van der Waals surface area contributed by atoms with Gasteiger partial charge in [-0.2, -0.15) is 4.98 Å². The van der Waals surface area contributed by atoms with Crippen LogP contribution in [0.1, 0.15) is 57.4 Å². The van der Waals surface area contributed by atoms with Crippen LogP contribution in [0.5, 0.6) is 0 Å². The largest absolute Gasteiger partial charge is 0.393 e. The van der Waals surface area contributed by atoms with E-state index in [1.807, 2.05) is 4.57 Å². The monoisotopic (exact) mass is 533 g/mol. The first-order valence-electron chi connectivity index (χ1n) is 12.7. The summed E-state index contributed by atoms with van der Waals surface area (Å²) in [5.41, 5.74) is 6.45. The second kappa shape index (κ2) is 10.7. The molecule has 1 aromatic carbocycles. The molecule has 2 aliphatic rings. The number of hydrogen-bond acceptors (Lipinski definition) is 7. The minimum Gasteiger partial charge on any atom is -0.393 e. The number of hydrogen-bond donors (Lipinski definition) is 4. The summed E-state index contributed by atoms with van der Waals surface area (Å²) in [5.74, 6) is -1.32. The number of amides is 1. The van der Waals surface area contributed by atoms with Crippen molar-refractivity contribution in [2.45, 2.75) is 63.5 Å². The molecule has 2 atom stereocenters. The number of fused-ring (bicyclic) bond motifs is 1. The second-order valence-corrected chi connectivity index (χ2v) is 10.4. The smallest absolute Gasteiger partial charge is 0.224 e. The molecule has 5 N–H and O–H groups in total. The van der Waals surface area contributed by atoms with E-state index in [1.54, 1.807) is 6.20 Å². The van der Waals surface area contributed by atoms with E-state index in [9.17, 15) is 18.7 Å². The van der Waals surface area contributed by atoms with Crippen molar-refractivity contribution in [2.24, 2.45) is 17.6 Å².